The molecule has 0 radical (unpaired) electrons. The molecule has 0 aliphatic heterocycles. The Hall–Kier alpha value is -1.73. The van der Waals surface area contributed by atoms with Gasteiger partial charge in [0.2, 0.25) is 0 Å². The summed E-state index contributed by atoms with van der Waals surface area (Å²) in [6, 6.07) is 8.62. The minimum atomic E-state index is -0.116. The van der Waals surface area contributed by atoms with Crippen molar-refractivity contribution >= 4 is 21.8 Å². The SMILES string of the molecule is CN(CCNC(=O)c1nnn(-c2ccc(Br)cc2)c1C1CC1)C1CC1. The van der Waals surface area contributed by atoms with E-state index in [-0.39, 0.29) is 5.91 Å². The van der Waals surface area contributed by atoms with E-state index in [4.69, 9.17) is 0 Å². The first-order valence-corrected chi connectivity index (χ1v) is 9.63. The summed E-state index contributed by atoms with van der Waals surface area (Å²) >= 11 is 3.45. The third kappa shape index (κ3) is 3.77. The summed E-state index contributed by atoms with van der Waals surface area (Å²) in [5, 5.41) is 11.5. The molecule has 2 aliphatic rings. The predicted molar refractivity (Wildman–Crippen MR) is 99.0 cm³/mol. The lowest BCUT2D eigenvalue weighted by Gasteiger charge is -2.15. The van der Waals surface area contributed by atoms with Crippen LogP contribution in [0.2, 0.25) is 0 Å². The smallest absolute Gasteiger partial charge is 0.273 e. The van der Waals surface area contributed by atoms with Crippen molar-refractivity contribution in [1.82, 2.24) is 25.2 Å². The maximum atomic E-state index is 12.6. The Kier molecular flexibility index (Phi) is 4.60. The number of carbonyl (C=O) groups excluding carboxylic acids is 1. The van der Waals surface area contributed by atoms with E-state index >= 15 is 0 Å². The second-order valence-corrected chi connectivity index (χ2v) is 7.87. The molecule has 2 aromatic rings. The van der Waals surface area contributed by atoms with E-state index in [0.29, 0.717) is 24.2 Å². The second kappa shape index (κ2) is 6.88. The maximum Gasteiger partial charge on any atom is 0.273 e. The number of hydrogen-bond donors (Lipinski definition) is 1. The van der Waals surface area contributed by atoms with Gasteiger partial charge in [-0.2, -0.15) is 0 Å². The zero-order chi connectivity index (χ0) is 17.4. The number of halogens is 1. The van der Waals surface area contributed by atoms with E-state index in [0.717, 1.165) is 35.2 Å². The minimum absolute atomic E-state index is 0.116. The van der Waals surface area contributed by atoms with E-state index in [1.54, 1.807) is 0 Å². The minimum Gasteiger partial charge on any atom is -0.349 e. The summed E-state index contributed by atoms with van der Waals surface area (Å²) in [6.07, 6.45) is 4.73. The quantitative estimate of drug-likeness (QED) is 0.771. The van der Waals surface area contributed by atoms with Crippen molar-refractivity contribution in [3.8, 4) is 5.69 Å². The lowest BCUT2D eigenvalue weighted by Crippen LogP contribution is -2.34. The van der Waals surface area contributed by atoms with Crippen molar-refractivity contribution in [3.63, 3.8) is 0 Å². The van der Waals surface area contributed by atoms with Crippen molar-refractivity contribution < 1.29 is 4.79 Å². The molecule has 2 aliphatic carbocycles. The van der Waals surface area contributed by atoms with Gasteiger partial charge in [-0.15, -0.1) is 5.10 Å². The van der Waals surface area contributed by atoms with Crippen LogP contribution in [0.25, 0.3) is 5.69 Å². The third-order valence-electron chi connectivity index (χ3n) is 4.88. The van der Waals surface area contributed by atoms with Crippen molar-refractivity contribution in [2.24, 2.45) is 0 Å². The normalized spacial score (nSPS) is 17.1. The van der Waals surface area contributed by atoms with Gasteiger partial charge < -0.3 is 10.2 Å². The number of amides is 1. The molecule has 7 heteroatoms. The molecule has 1 amide bonds. The van der Waals surface area contributed by atoms with Crippen LogP contribution in [0.3, 0.4) is 0 Å². The number of carbonyl (C=O) groups is 1. The van der Waals surface area contributed by atoms with Crippen LogP contribution in [0.5, 0.6) is 0 Å². The van der Waals surface area contributed by atoms with Gasteiger partial charge in [0.05, 0.1) is 11.4 Å². The van der Waals surface area contributed by atoms with Crippen LogP contribution < -0.4 is 5.32 Å². The summed E-state index contributed by atoms with van der Waals surface area (Å²) in [5.41, 5.74) is 2.35. The molecule has 0 spiro atoms. The Labute approximate surface area is 155 Å². The molecule has 1 N–H and O–H groups in total. The molecule has 1 aromatic carbocycles. The highest BCUT2D eigenvalue weighted by Gasteiger charge is 2.34. The number of aromatic nitrogens is 3. The Morgan fingerprint density at radius 1 is 1.28 bits per heavy atom. The third-order valence-corrected chi connectivity index (χ3v) is 5.40. The number of nitrogens with one attached hydrogen (secondary N) is 1. The van der Waals surface area contributed by atoms with Gasteiger partial charge in [-0.25, -0.2) is 4.68 Å². The topological polar surface area (TPSA) is 63.1 Å². The van der Waals surface area contributed by atoms with E-state index in [1.807, 2.05) is 28.9 Å². The Balaban J connectivity index is 1.49. The molecule has 0 atom stereocenters. The van der Waals surface area contributed by atoms with Crippen LogP contribution in [0.15, 0.2) is 28.7 Å². The molecule has 0 bridgehead atoms. The van der Waals surface area contributed by atoms with Crippen LogP contribution in [0.1, 0.15) is 47.8 Å². The van der Waals surface area contributed by atoms with Gasteiger partial charge in [-0.1, -0.05) is 21.1 Å². The highest BCUT2D eigenvalue weighted by Crippen LogP contribution is 2.42. The van der Waals surface area contributed by atoms with Crippen LogP contribution in [-0.2, 0) is 0 Å². The zero-order valence-electron chi connectivity index (χ0n) is 14.3. The molecular weight excluding hydrogens is 382 g/mol. The van der Waals surface area contributed by atoms with Crippen molar-refractivity contribution in [1.29, 1.82) is 0 Å². The van der Waals surface area contributed by atoms with Gasteiger partial charge >= 0.3 is 0 Å². The number of hydrogen-bond acceptors (Lipinski definition) is 4. The summed E-state index contributed by atoms with van der Waals surface area (Å²) in [4.78, 5) is 14.9. The fourth-order valence-corrected chi connectivity index (χ4v) is 3.34. The molecule has 2 fully saturated rings. The van der Waals surface area contributed by atoms with Crippen LogP contribution >= 0.6 is 15.9 Å². The van der Waals surface area contributed by atoms with Crippen molar-refractivity contribution in [3.05, 3.63) is 40.1 Å². The molecule has 6 nitrogen and oxygen atoms in total. The second-order valence-electron chi connectivity index (χ2n) is 6.95. The lowest BCUT2D eigenvalue weighted by molar-refractivity contribution is 0.0943. The number of nitrogens with zero attached hydrogens (tertiary/aromatic N) is 4. The first-order valence-electron chi connectivity index (χ1n) is 8.83. The Morgan fingerprint density at radius 2 is 2.00 bits per heavy atom. The van der Waals surface area contributed by atoms with Crippen molar-refractivity contribution in [2.45, 2.75) is 37.6 Å². The first kappa shape index (κ1) is 16.7. The maximum absolute atomic E-state index is 12.6. The average Bonchev–Trinajstić information content (AvgIpc) is 3.52. The highest BCUT2D eigenvalue weighted by molar-refractivity contribution is 9.10. The predicted octanol–water partition coefficient (Wildman–Crippen LogP) is 2.73. The molecule has 25 heavy (non-hydrogen) atoms. The molecular formula is C18H22BrN5O. The fourth-order valence-electron chi connectivity index (χ4n) is 3.07. The molecule has 1 heterocycles. The van der Waals surface area contributed by atoms with Crippen LogP contribution in [0.4, 0.5) is 0 Å². The summed E-state index contributed by atoms with van der Waals surface area (Å²) in [7, 11) is 2.11. The average molecular weight is 404 g/mol. The van der Waals surface area contributed by atoms with Gasteiger partial charge in [0.25, 0.3) is 5.91 Å². The molecule has 0 saturated heterocycles. The van der Waals surface area contributed by atoms with E-state index in [2.05, 4.69) is 43.5 Å². The highest BCUT2D eigenvalue weighted by atomic mass is 79.9. The molecule has 2 saturated carbocycles. The Bertz CT molecular complexity index is 764. The summed E-state index contributed by atoms with van der Waals surface area (Å²) < 4.78 is 2.83. The van der Waals surface area contributed by atoms with Crippen molar-refractivity contribution in [2.75, 3.05) is 20.1 Å². The first-order chi connectivity index (χ1) is 12.1. The fraction of sp³-hybridized carbons (Fsp3) is 0.500. The standard InChI is InChI=1S/C18H22BrN5O/c1-23(14-8-9-14)11-10-20-18(25)16-17(12-2-3-12)24(22-21-16)15-6-4-13(19)5-7-15/h4-7,12,14H,2-3,8-11H2,1H3,(H,20,25). The molecule has 0 unspecified atom stereocenters. The van der Waals surface area contributed by atoms with Gasteiger partial charge in [0.1, 0.15) is 0 Å². The lowest BCUT2D eigenvalue weighted by atomic mass is 10.2. The zero-order valence-corrected chi connectivity index (χ0v) is 15.9. The largest absolute Gasteiger partial charge is 0.349 e. The molecule has 132 valence electrons. The van der Waals surface area contributed by atoms with Gasteiger partial charge in [-0.05, 0) is 57.0 Å². The number of rotatable bonds is 7. The van der Waals surface area contributed by atoms with Crippen LogP contribution in [0, 0.1) is 0 Å². The molecule has 4 rings (SSSR count). The summed E-state index contributed by atoms with van der Waals surface area (Å²) in [5.74, 6) is 0.267. The molecule has 1 aromatic heterocycles. The van der Waals surface area contributed by atoms with E-state index in [9.17, 15) is 4.79 Å². The van der Waals surface area contributed by atoms with E-state index in [1.165, 1.54) is 12.8 Å². The van der Waals surface area contributed by atoms with Gasteiger partial charge in [-0.3, -0.25) is 4.79 Å². The van der Waals surface area contributed by atoms with E-state index < -0.39 is 0 Å². The monoisotopic (exact) mass is 403 g/mol. The number of likely N-dealkylation sites (N-methyl/N-ethyl adjacent to an activating group) is 1. The number of benzene rings is 1. The van der Waals surface area contributed by atoms with Gasteiger partial charge in [0.15, 0.2) is 5.69 Å². The summed E-state index contributed by atoms with van der Waals surface area (Å²) in [6.45, 7) is 1.51. The Morgan fingerprint density at radius 3 is 2.64 bits per heavy atom. The van der Waals surface area contributed by atoms with Crippen LogP contribution in [-0.4, -0.2) is 52.0 Å². The van der Waals surface area contributed by atoms with Gasteiger partial charge in [0, 0.05) is 29.5 Å².